The van der Waals surface area contributed by atoms with Crippen LogP contribution in [0.3, 0.4) is 0 Å². The van der Waals surface area contributed by atoms with E-state index in [9.17, 15) is 15.0 Å². The predicted octanol–water partition coefficient (Wildman–Crippen LogP) is 1.28. The molecule has 25 heavy (non-hydrogen) atoms. The second-order valence-corrected chi connectivity index (χ2v) is 9.26. The standard InChI is InChI=1S/C20H21NO4/c22-12-4-3-11-7-18-9-19-14(11)15(12)25-16(19)13(23)5-6-20(19,24)17(18)21(18)8-10-1-2-10/h3-4,10,16-17,22,24H,1-2,5-9H2/t16-,17+,18?,19?,20+,21?/m0/s1. The minimum atomic E-state index is -0.912. The monoisotopic (exact) mass is 339 g/mol. The molecule has 4 aliphatic carbocycles. The molecule has 5 nitrogen and oxygen atoms in total. The van der Waals surface area contributed by atoms with Gasteiger partial charge in [-0.05, 0) is 49.7 Å². The minimum Gasteiger partial charge on any atom is -0.504 e. The van der Waals surface area contributed by atoms with Gasteiger partial charge in [0.25, 0.3) is 0 Å². The summed E-state index contributed by atoms with van der Waals surface area (Å²) in [5.41, 5.74) is 0.543. The average Bonchev–Trinajstić information content (AvgIpc) is 3.45. The number of carbonyl (C=O) groups is 1. The highest BCUT2D eigenvalue weighted by molar-refractivity contribution is 5.90. The zero-order valence-electron chi connectivity index (χ0n) is 14.0. The number of benzene rings is 1. The number of aromatic hydroxyl groups is 1. The fraction of sp³-hybridized carbons (Fsp3) is 0.650. The number of carbonyl (C=O) groups excluding carboxylic acids is 1. The summed E-state index contributed by atoms with van der Waals surface area (Å²) in [7, 11) is 0. The third-order valence-electron chi connectivity index (χ3n) is 8.18. The van der Waals surface area contributed by atoms with Crippen LogP contribution in [0.2, 0.25) is 0 Å². The Balaban J connectivity index is 1.49. The Morgan fingerprint density at radius 1 is 1.32 bits per heavy atom. The number of hydrogen-bond donors (Lipinski definition) is 2. The highest BCUT2D eigenvalue weighted by Gasteiger charge is 2.88. The molecule has 6 atom stereocenters. The van der Waals surface area contributed by atoms with Gasteiger partial charge in [0, 0.05) is 24.1 Å². The SMILES string of the molecule is O=C1CC[C@@]2(O)[C@@H]3N(CC4CC4)C34Cc3ccc(O)c5c3C2(C4)[C@H]1O5. The first-order chi connectivity index (χ1) is 12.0. The van der Waals surface area contributed by atoms with Crippen LogP contribution in [0, 0.1) is 5.92 Å². The van der Waals surface area contributed by atoms with E-state index < -0.39 is 17.1 Å². The second-order valence-electron chi connectivity index (χ2n) is 9.26. The van der Waals surface area contributed by atoms with E-state index in [0.29, 0.717) is 18.6 Å². The number of nitrogens with zero attached hydrogens (tertiary/aromatic N) is 1. The Kier molecular flexibility index (Phi) is 1.96. The number of ether oxygens (including phenoxy) is 1. The number of likely N-dealkylation sites (tertiary alicyclic amines) is 1. The first kappa shape index (κ1) is 13.6. The van der Waals surface area contributed by atoms with Crippen LogP contribution in [-0.4, -0.2) is 50.7 Å². The normalized spacial score (nSPS) is 50.3. The van der Waals surface area contributed by atoms with Gasteiger partial charge in [0.15, 0.2) is 23.4 Å². The lowest BCUT2D eigenvalue weighted by molar-refractivity contribution is -0.149. The van der Waals surface area contributed by atoms with Gasteiger partial charge in [0.1, 0.15) is 0 Å². The quantitative estimate of drug-likeness (QED) is 0.795. The molecule has 1 aromatic rings. The lowest BCUT2D eigenvalue weighted by Crippen LogP contribution is -2.65. The maximum Gasteiger partial charge on any atom is 0.174 e. The van der Waals surface area contributed by atoms with E-state index in [1.54, 1.807) is 6.07 Å². The van der Waals surface area contributed by atoms with Crippen LogP contribution in [0.1, 0.15) is 43.2 Å². The molecule has 3 saturated carbocycles. The molecule has 7 rings (SSSR count). The van der Waals surface area contributed by atoms with Gasteiger partial charge in [0.2, 0.25) is 0 Å². The number of ketones is 1. The number of phenolic OH excluding ortho intramolecular Hbond substituents is 1. The Morgan fingerprint density at radius 3 is 2.96 bits per heavy atom. The van der Waals surface area contributed by atoms with Crippen LogP contribution in [0.4, 0.5) is 0 Å². The van der Waals surface area contributed by atoms with Crippen molar-refractivity contribution in [3.05, 3.63) is 23.3 Å². The molecule has 3 unspecified atom stereocenters. The predicted molar refractivity (Wildman–Crippen MR) is 87.7 cm³/mol. The van der Waals surface area contributed by atoms with Crippen LogP contribution in [0.25, 0.3) is 0 Å². The summed E-state index contributed by atoms with van der Waals surface area (Å²) in [4.78, 5) is 15.3. The molecule has 6 aliphatic rings. The van der Waals surface area contributed by atoms with Crippen molar-refractivity contribution in [2.45, 2.75) is 67.2 Å². The van der Waals surface area contributed by atoms with Crippen LogP contribution in [0.5, 0.6) is 11.5 Å². The summed E-state index contributed by atoms with van der Waals surface area (Å²) in [6.07, 6.45) is 4.59. The lowest BCUT2D eigenvalue weighted by atomic mass is 9.57. The van der Waals surface area contributed by atoms with Gasteiger partial charge in [-0.15, -0.1) is 0 Å². The van der Waals surface area contributed by atoms with E-state index in [4.69, 9.17) is 4.74 Å². The van der Waals surface area contributed by atoms with Gasteiger partial charge in [-0.1, -0.05) is 6.07 Å². The number of fused-ring (bicyclic) bond motifs is 1. The summed E-state index contributed by atoms with van der Waals surface area (Å²) in [6.45, 7) is 1.09. The molecule has 4 fully saturated rings. The molecule has 2 spiro atoms. The fourth-order valence-corrected chi connectivity index (χ4v) is 7.16. The third kappa shape index (κ3) is 1.19. The largest absolute Gasteiger partial charge is 0.504 e. The molecule has 2 aliphatic heterocycles. The van der Waals surface area contributed by atoms with Crippen LogP contribution < -0.4 is 4.74 Å². The van der Waals surface area contributed by atoms with E-state index in [1.807, 2.05) is 6.07 Å². The summed E-state index contributed by atoms with van der Waals surface area (Å²) >= 11 is 0. The molecule has 0 aromatic heterocycles. The van der Waals surface area contributed by atoms with E-state index in [-0.39, 0.29) is 23.1 Å². The highest BCUT2D eigenvalue weighted by Crippen LogP contribution is 2.76. The number of phenols is 1. The molecular weight excluding hydrogens is 318 g/mol. The average molecular weight is 339 g/mol. The van der Waals surface area contributed by atoms with Gasteiger partial charge in [-0.2, -0.15) is 0 Å². The number of rotatable bonds is 2. The molecule has 5 heteroatoms. The minimum absolute atomic E-state index is 0.00481. The van der Waals surface area contributed by atoms with Crippen molar-refractivity contribution >= 4 is 5.78 Å². The summed E-state index contributed by atoms with van der Waals surface area (Å²) in [5, 5.41) is 22.3. The van der Waals surface area contributed by atoms with Gasteiger partial charge < -0.3 is 14.9 Å². The Bertz CT molecular complexity index is 879. The van der Waals surface area contributed by atoms with E-state index in [1.165, 1.54) is 12.8 Å². The van der Waals surface area contributed by atoms with Crippen molar-refractivity contribution in [2.24, 2.45) is 5.92 Å². The highest BCUT2D eigenvalue weighted by atomic mass is 16.5. The molecule has 1 aromatic carbocycles. The molecule has 2 heterocycles. The van der Waals surface area contributed by atoms with Crippen molar-refractivity contribution in [3.8, 4) is 11.5 Å². The zero-order valence-corrected chi connectivity index (χ0v) is 14.0. The maximum absolute atomic E-state index is 12.7. The topological polar surface area (TPSA) is 69.8 Å². The van der Waals surface area contributed by atoms with Crippen molar-refractivity contribution in [1.82, 2.24) is 4.90 Å². The smallest absolute Gasteiger partial charge is 0.174 e. The number of aliphatic hydroxyl groups is 1. The van der Waals surface area contributed by atoms with Crippen molar-refractivity contribution in [3.63, 3.8) is 0 Å². The molecule has 2 N–H and O–H groups in total. The molecule has 130 valence electrons. The molecule has 0 amide bonds. The number of hydrogen-bond acceptors (Lipinski definition) is 5. The van der Waals surface area contributed by atoms with Crippen molar-refractivity contribution in [1.29, 1.82) is 0 Å². The zero-order chi connectivity index (χ0) is 16.8. The van der Waals surface area contributed by atoms with Gasteiger partial charge in [0.05, 0.1) is 17.1 Å². The van der Waals surface area contributed by atoms with Gasteiger partial charge in [-0.25, -0.2) is 0 Å². The van der Waals surface area contributed by atoms with Crippen LogP contribution in [-0.2, 0) is 16.6 Å². The Labute approximate surface area is 145 Å². The van der Waals surface area contributed by atoms with Crippen molar-refractivity contribution < 1.29 is 19.7 Å². The van der Waals surface area contributed by atoms with E-state index in [2.05, 4.69) is 4.90 Å². The number of Topliss-reactive ketones (excluding diaryl/α,β-unsaturated/α-hetero) is 1. The van der Waals surface area contributed by atoms with E-state index >= 15 is 0 Å². The summed E-state index contributed by atoms with van der Waals surface area (Å²) < 4.78 is 6.05. The van der Waals surface area contributed by atoms with Crippen LogP contribution >= 0.6 is 0 Å². The summed E-state index contributed by atoms with van der Waals surface area (Å²) in [5.74, 6) is 1.43. The van der Waals surface area contributed by atoms with Gasteiger partial charge in [-0.3, -0.25) is 9.69 Å². The third-order valence-corrected chi connectivity index (χ3v) is 8.18. The van der Waals surface area contributed by atoms with Crippen LogP contribution in [0.15, 0.2) is 12.1 Å². The molecule has 2 bridgehead atoms. The Morgan fingerprint density at radius 2 is 2.16 bits per heavy atom. The molecule has 0 radical (unpaired) electrons. The first-order valence-corrected chi connectivity index (χ1v) is 9.55. The first-order valence-electron chi connectivity index (χ1n) is 9.55. The Hall–Kier alpha value is -1.59. The van der Waals surface area contributed by atoms with Gasteiger partial charge >= 0.3 is 0 Å². The fourth-order valence-electron chi connectivity index (χ4n) is 7.16. The van der Waals surface area contributed by atoms with E-state index in [0.717, 1.165) is 36.4 Å². The second kappa shape index (κ2) is 3.60. The lowest BCUT2D eigenvalue weighted by Gasteiger charge is -2.50. The molecular formula is C20H21NO4. The van der Waals surface area contributed by atoms with Crippen molar-refractivity contribution in [2.75, 3.05) is 6.54 Å². The maximum atomic E-state index is 12.7. The summed E-state index contributed by atoms with van der Waals surface area (Å²) in [6, 6.07) is 3.81. The number of piperidine rings is 1. The molecule has 1 saturated heterocycles.